The molecule has 0 bridgehead atoms. The number of hydrogen-bond acceptors (Lipinski definition) is 4. The van der Waals surface area contributed by atoms with Crippen LogP contribution < -0.4 is 15.8 Å². The highest BCUT2D eigenvalue weighted by molar-refractivity contribution is 6.30. The second-order valence-corrected chi connectivity index (χ2v) is 8.38. The molecule has 4 rings (SSSR count). The van der Waals surface area contributed by atoms with Gasteiger partial charge >= 0.3 is 0 Å². The van der Waals surface area contributed by atoms with Crippen molar-refractivity contribution in [3.05, 3.63) is 81.1 Å². The Balaban J connectivity index is 1.53. The van der Waals surface area contributed by atoms with Crippen LogP contribution in [-0.2, 0) is 4.79 Å². The van der Waals surface area contributed by atoms with Crippen molar-refractivity contribution in [2.75, 3.05) is 23.3 Å². The molecule has 0 spiro atoms. The molecule has 31 heavy (non-hydrogen) atoms. The summed E-state index contributed by atoms with van der Waals surface area (Å²) in [7, 11) is 0. The summed E-state index contributed by atoms with van der Waals surface area (Å²) < 4.78 is 1.35. The number of carbonyl (C=O) groups is 1. The number of hydrogen-bond donors (Lipinski definition) is 1. The van der Waals surface area contributed by atoms with Gasteiger partial charge < -0.3 is 10.2 Å². The Morgan fingerprint density at radius 2 is 1.94 bits per heavy atom. The van der Waals surface area contributed by atoms with E-state index in [0.29, 0.717) is 23.1 Å². The Hall–Kier alpha value is -3.12. The van der Waals surface area contributed by atoms with E-state index in [9.17, 15) is 9.59 Å². The van der Waals surface area contributed by atoms with Gasteiger partial charge in [-0.2, -0.15) is 4.68 Å². The second-order valence-electron chi connectivity index (χ2n) is 7.94. The summed E-state index contributed by atoms with van der Waals surface area (Å²) in [6.45, 7) is 5.39. The van der Waals surface area contributed by atoms with Crippen molar-refractivity contribution < 1.29 is 4.79 Å². The van der Waals surface area contributed by atoms with Crippen LogP contribution in [0.2, 0.25) is 5.02 Å². The van der Waals surface area contributed by atoms with Crippen molar-refractivity contribution in [2.24, 2.45) is 5.92 Å². The minimum Gasteiger partial charge on any atom is -0.354 e. The predicted molar refractivity (Wildman–Crippen MR) is 124 cm³/mol. The molecule has 7 heteroatoms. The van der Waals surface area contributed by atoms with Crippen LogP contribution in [0.1, 0.15) is 24.0 Å². The van der Waals surface area contributed by atoms with Crippen molar-refractivity contribution >= 4 is 29.0 Å². The molecule has 0 radical (unpaired) electrons. The number of aromatic nitrogens is 2. The smallest absolute Gasteiger partial charge is 0.271 e. The van der Waals surface area contributed by atoms with Crippen molar-refractivity contribution in [3.8, 4) is 5.69 Å². The lowest BCUT2D eigenvalue weighted by molar-refractivity contribution is -0.120. The molecule has 6 nitrogen and oxygen atoms in total. The lowest BCUT2D eigenvalue weighted by Crippen LogP contribution is -2.42. The van der Waals surface area contributed by atoms with Gasteiger partial charge in [0.1, 0.15) is 5.82 Å². The molecule has 1 aromatic heterocycles. The highest BCUT2D eigenvalue weighted by Crippen LogP contribution is 2.24. The molecular formula is C24H25ClN4O2. The van der Waals surface area contributed by atoms with Crippen molar-refractivity contribution in [3.63, 3.8) is 0 Å². The Bertz CT molecular complexity index is 1170. The Morgan fingerprint density at radius 3 is 2.74 bits per heavy atom. The van der Waals surface area contributed by atoms with Gasteiger partial charge in [-0.05, 0) is 68.1 Å². The van der Waals surface area contributed by atoms with Gasteiger partial charge in [-0.15, -0.1) is 5.10 Å². The first-order valence-corrected chi connectivity index (χ1v) is 10.8. The van der Waals surface area contributed by atoms with Crippen LogP contribution >= 0.6 is 11.6 Å². The molecule has 1 fully saturated rings. The van der Waals surface area contributed by atoms with Gasteiger partial charge in [-0.25, -0.2) is 0 Å². The van der Waals surface area contributed by atoms with E-state index in [2.05, 4.69) is 15.3 Å². The first-order valence-electron chi connectivity index (χ1n) is 10.4. The first-order chi connectivity index (χ1) is 14.9. The SMILES string of the molecule is Cc1cccc(NC(=O)[C@@H]2CCCN(c3ccc(=O)n(-c4cccc(Cl)c4)n3)C2)c1C. The third kappa shape index (κ3) is 4.64. The summed E-state index contributed by atoms with van der Waals surface area (Å²) in [6, 6.07) is 16.2. The van der Waals surface area contributed by atoms with E-state index in [-0.39, 0.29) is 17.4 Å². The van der Waals surface area contributed by atoms with E-state index in [1.54, 1.807) is 30.3 Å². The average molecular weight is 437 g/mol. The number of halogens is 1. The van der Waals surface area contributed by atoms with Crippen LogP contribution in [0.4, 0.5) is 11.5 Å². The highest BCUT2D eigenvalue weighted by atomic mass is 35.5. The molecule has 1 aliphatic rings. The van der Waals surface area contributed by atoms with E-state index >= 15 is 0 Å². The van der Waals surface area contributed by atoms with Gasteiger partial charge in [0.05, 0.1) is 11.6 Å². The lowest BCUT2D eigenvalue weighted by atomic mass is 9.96. The van der Waals surface area contributed by atoms with Crippen molar-refractivity contribution in [1.82, 2.24) is 9.78 Å². The summed E-state index contributed by atoms with van der Waals surface area (Å²) in [5, 5.41) is 8.18. The number of carbonyl (C=O) groups excluding carboxylic acids is 1. The maximum Gasteiger partial charge on any atom is 0.271 e. The summed E-state index contributed by atoms with van der Waals surface area (Å²) in [6.07, 6.45) is 1.70. The topological polar surface area (TPSA) is 67.2 Å². The normalized spacial score (nSPS) is 16.2. The lowest BCUT2D eigenvalue weighted by Gasteiger charge is -2.33. The molecule has 3 aromatic rings. The van der Waals surface area contributed by atoms with Crippen LogP contribution in [0.5, 0.6) is 0 Å². The Kier molecular flexibility index (Phi) is 6.09. The van der Waals surface area contributed by atoms with E-state index in [4.69, 9.17) is 11.6 Å². The zero-order valence-electron chi connectivity index (χ0n) is 17.6. The zero-order valence-corrected chi connectivity index (χ0v) is 18.4. The predicted octanol–water partition coefficient (Wildman–Crippen LogP) is 4.36. The number of rotatable bonds is 4. The molecule has 1 saturated heterocycles. The molecular weight excluding hydrogens is 412 g/mol. The molecule has 1 N–H and O–H groups in total. The number of aryl methyl sites for hydroxylation is 1. The van der Waals surface area contributed by atoms with Gasteiger partial charge in [0.15, 0.2) is 0 Å². The van der Waals surface area contributed by atoms with Gasteiger partial charge in [0, 0.05) is 29.9 Å². The van der Waals surface area contributed by atoms with Gasteiger partial charge in [-0.1, -0.05) is 29.8 Å². The van der Waals surface area contributed by atoms with Crippen LogP contribution in [0.15, 0.2) is 59.4 Å². The summed E-state index contributed by atoms with van der Waals surface area (Å²) in [5.74, 6) is 0.535. The molecule has 1 amide bonds. The zero-order chi connectivity index (χ0) is 22.0. The molecule has 1 atom stereocenters. The first kappa shape index (κ1) is 21.1. The van der Waals surface area contributed by atoms with Crippen molar-refractivity contribution in [2.45, 2.75) is 26.7 Å². The second kappa shape index (κ2) is 8.94. The minimum absolute atomic E-state index is 0.0153. The number of benzene rings is 2. The number of anilines is 2. The van der Waals surface area contributed by atoms with Crippen molar-refractivity contribution in [1.29, 1.82) is 0 Å². The van der Waals surface area contributed by atoms with Crippen LogP contribution in [0.25, 0.3) is 5.69 Å². The summed E-state index contributed by atoms with van der Waals surface area (Å²) >= 11 is 6.08. The van der Waals surface area contributed by atoms with E-state index in [1.165, 1.54) is 10.7 Å². The Morgan fingerprint density at radius 1 is 1.13 bits per heavy atom. The number of nitrogens with one attached hydrogen (secondary N) is 1. The largest absolute Gasteiger partial charge is 0.354 e. The summed E-state index contributed by atoms with van der Waals surface area (Å²) in [5.41, 5.74) is 3.47. The maximum atomic E-state index is 13.0. The average Bonchev–Trinajstić information content (AvgIpc) is 2.77. The number of amides is 1. The fourth-order valence-corrected chi connectivity index (χ4v) is 4.07. The van der Waals surface area contributed by atoms with E-state index in [0.717, 1.165) is 36.2 Å². The quantitative estimate of drug-likeness (QED) is 0.660. The van der Waals surface area contributed by atoms with E-state index in [1.807, 2.05) is 32.0 Å². The standard InChI is InChI=1S/C24H25ClN4O2/c1-16-6-3-10-21(17(16)2)26-24(31)18-7-5-13-28(15-18)22-11-12-23(30)29(27-22)20-9-4-8-19(25)14-20/h3-4,6,8-12,14,18H,5,7,13,15H2,1-2H3,(H,26,31)/t18-/m1/s1. The number of nitrogens with zero attached hydrogens (tertiary/aromatic N) is 3. The molecule has 1 aliphatic heterocycles. The van der Waals surface area contributed by atoms with Crippen LogP contribution in [0.3, 0.4) is 0 Å². The fraction of sp³-hybridized carbons (Fsp3) is 0.292. The molecule has 160 valence electrons. The Labute approximate surface area is 186 Å². The molecule has 2 aromatic carbocycles. The third-order valence-corrected chi connectivity index (χ3v) is 6.05. The molecule has 0 unspecified atom stereocenters. The molecule has 2 heterocycles. The molecule has 0 aliphatic carbocycles. The van der Waals surface area contributed by atoms with Gasteiger partial charge in [-0.3, -0.25) is 9.59 Å². The third-order valence-electron chi connectivity index (χ3n) is 5.82. The van der Waals surface area contributed by atoms with E-state index < -0.39 is 0 Å². The highest BCUT2D eigenvalue weighted by Gasteiger charge is 2.27. The number of piperidine rings is 1. The maximum absolute atomic E-state index is 13.0. The van der Waals surface area contributed by atoms with Gasteiger partial charge in [0.25, 0.3) is 5.56 Å². The fourth-order valence-electron chi connectivity index (χ4n) is 3.88. The van der Waals surface area contributed by atoms with Gasteiger partial charge in [0.2, 0.25) is 5.91 Å². The minimum atomic E-state index is -0.229. The van der Waals surface area contributed by atoms with Crippen LogP contribution in [0, 0.1) is 19.8 Å². The summed E-state index contributed by atoms with van der Waals surface area (Å²) in [4.78, 5) is 27.4. The molecule has 0 saturated carbocycles. The monoisotopic (exact) mass is 436 g/mol. The van der Waals surface area contributed by atoms with Crippen LogP contribution in [-0.4, -0.2) is 28.8 Å².